The van der Waals surface area contributed by atoms with Crippen molar-refractivity contribution in [1.82, 2.24) is 5.06 Å². The van der Waals surface area contributed by atoms with Crippen LogP contribution in [0.15, 0.2) is 42.5 Å². The van der Waals surface area contributed by atoms with Crippen molar-refractivity contribution in [3.8, 4) is 0 Å². The van der Waals surface area contributed by atoms with Crippen LogP contribution < -0.4 is 5.32 Å². The fourth-order valence-corrected chi connectivity index (χ4v) is 2.60. The lowest BCUT2D eigenvalue weighted by atomic mass is 10.0. The molecule has 0 aliphatic rings. The van der Waals surface area contributed by atoms with E-state index in [1.54, 1.807) is 7.05 Å². The summed E-state index contributed by atoms with van der Waals surface area (Å²) in [5.41, 5.74) is 3.07. The van der Waals surface area contributed by atoms with Gasteiger partial charge in [-0.3, -0.25) is 4.84 Å². The van der Waals surface area contributed by atoms with Crippen molar-refractivity contribution in [2.45, 2.75) is 19.3 Å². The minimum Gasteiger partial charge on any atom is -0.306 e. The van der Waals surface area contributed by atoms with Crippen molar-refractivity contribution in [2.75, 3.05) is 19.5 Å². The minimum atomic E-state index is -0.314. The van der Waals surface area contributed by atoms with Gasteiger partial charge < -0.3 is 5.32 Å². The van der Waals surface area contributed by atoms with Crippen molar-refractivity contribution in [1.29, 1.82) is 0 Å². The zero-order valence-electron chi connectivity index (χ0n) is 13.7. The van der Waals surface area contributed by atoms with Gasteiger partial charge in [-0.2, -0.15) is 0 Å². The van der Waals surface area contributed by atoms with E-state index in [-0.39, 0.29) is 6.03 Å². The van der Waals surface area contributed by atoms with Gasteiger partial charge in [0.1, 0.15) is 0 Å². The van der Waals surface area contributed by atoms with Crippen molar-refractivity contribution in [2.24, 2.45) is 0 Å². The molecule has 0 heterocycles. The number of carbonyl (C=O) groups excluding carboxylic acids is 1. The predicted molar refractivity (Wildman–Crippen MR) is 98.7 cm³/mol. The summed E-state index contributed by atoms with van der Waals surface area (Å²) in [5, 5.41) is 5.08. The molecule has 1 N–H and O–H groups in total. The normalized spacial score (nSPS) is 10.5. The van der Waals surface area contributed by atoms with Gasteiger partial charge in [-0.15, -0.1) is 0 Å². The van der Waals surface area contributed by atoms with Crippen molar-refractivity contribution < 1.29 is 9.63 Å². The number of nitrogens with zero attached hydrogens (tertiary/aromatic N) is 1. The van der Waals surface area contributed by atoms with E-state index >= 15 is 0 Å². The van der Waals surface area contributed by atoms with Gasteiger partial charge in [0.25, 0.3) is 0 Å². The van der Waals surface area contributed by atoms with Crippen LogP contribution in [0, 0.1) is 0 Å². The Balaban J connectivity index is 1.90. The number of hydrogen-bond donors (Lipinski definition) is 1. The fourth-order valence-electron chi connectivity index (χ4n) is 2.28. The molecule has 0 fully saturated rings. The molecule has 2 aromatic rings. The Bertz CT molecular complexity index is 707. The van der Waals surface area contributed by atoms with E-state index in [2.05, 4.69) is 5.32 Å². The Labute approximate surface area is 152 Å². The third kappa shape index (κ3) is 5.41. The Morgan fingerprint density at radius 1 is 1.08 bits per heavy atom. The van der Waals surface area contributed by atoms with Crippen LogP contribution in [0.2, 0.25) is 10.0 Å². The lowest BCUT2D eigenvalue weighted by Crippen LogP contribution is -2.30. The van der Waals surface area contributed by atoms with E-state index in [0.717, 1.165) is 41.1 Å². The molecule has 128 valence electrons. The third-order valence-corrected chi connectivity index (χ3v) is 4.39. The molecular weight excluding hydrogens is 347 g/mol. The van der Waals surface area contributed by atoms with E-state index in [1.807, 2.05) is 42.5 Å². The second-order valence-electron chi connectivity index (χ2n) is 5.41. The van der Waals surface area contributed by atoms with Gasteiger partial charge in [0.15, 0.2) is 0 Å². The SMILES string of the molecule is CON(C)C(=O)Nc1cccc(CCCc2ccc(Cl)c(Cl)c2)c1. The molecule has 2 amide bonds. The van der Waals surface area contributed by atoms with Crippen LogP contribution in [-0.4, -0.2) is 25.3 Å². The molecule has 0 bridgehead atoms. The summed E-state index contributed by atoms with van der Waals surface area (Å²) in [6.45, 7) is 0. The Kier molecular flexibility index (Phi) is 6.91. The van der Waals surface area contributed by atoms with Gasteiger partial charge in [0.2, 0.25) is 0 Å². The second kappa shape index (κ2) is 8.92. The van der Waals surface area contributed by atoms with Crippen LogP contribution in [0.4, 0.5) is 10.5 Å². The molecule has 2 rings (SSSR count). The molecule has 0 radical (unpaired) electrons. The molecule has 24 heavy (non-hydrogen) atoms. The predicted octanol–water partition coefficient (Wildman–Crippen LogP) is 5.19. The van der Waals surface area contributed by atoms with Gasteiger partial charge in [-0.1, -0.05) is 41.4 Å². The number of nitrogens with one attached hydrogen (secondary N) is 1. The van der Waals surface area contributed by atoms with Crippen LogP contribution in [0.1, 0.15) is 17.5 Å². The molecule has 0 aliphatic heterocycles. The van der Waals surface area contributed by atoms with Crippen LogP contribution in [-0.2, 0) is 17.7 Å². The van der Waals surface area contributed by atoms with Crippen LogP contribution >= 0.6 is 23.2 Å². The standard InChI is InChI=1S/C18H20Cl2N2O2/c1-22(24-2)18(23)21-15-8-4-7-13(11-15)5-3-6-14-9-10-16(19)17(20)12-14/h4,7-12H,3,5-6H2,1-2H3,(H,21,23). The van der Waals surface area contributed by atoms with Crippen molar-refractivity contribution >= 4 is 34.9 Å². The number of halogens is 2. The Hall–Kier alpha value is -1.75. The number of hydroxylamine groups is 2. The number of amides is 2. The number of urea groups is 1. The average Bonchev–Trinajstić information content (AvgIpc) is 2.57. The van der Waals surface area contributed by atoms with Crippen molar-refractivity contribution in [3.05, 3.63) is 63.6 Å². The lowest BCUT2D eigenvalue weighted by molar-refractivity contribution is -0.0598. The maximum Gasteiger partial charge on any atom is 0.345 e. The summed E-state index contributed by atoms with van der Waals surface area (Å²) in [6.07, 6.45) is 2.80. The van der Waals surface area contributed by atoms with Crippen LogP contribution in [0.25, 0.3) is 0 Å². The van der Waals surface area contributed by atoms with Gasteiger partial charge in [-0.25, -0.2) is 9.86 Å². The summed E-state index contributed by atoms with van der Waals surface area (Å²) in [6, 6.07) is 13.2. The summed E-state index contributed by atoms with van der Waals surface area (Å²) < 4.78 is 0. The van der Waals surface area contributed by atoms with E-state index in [1.165, 1.54) is 7.11 Å². The first-order chi connectivity index (χ1) is 11.5. The summed E-state index contributed by atoms with van der Waals surface area (Å²) in [4.78, 5) is 16.6. The molecule has 6 heteroatoms. The molecule has 0 atom stereocenters. The molecule has 0 aromatic heterocycles. The first-order valence-electron chi connectivity index (χ1n) is 7.61. The Morgan fingerprint density at radius 2 is 1.79 bits per heavy atom. The minimum absolute atomic E-state index is 0.314. The fraction of sp³-hybridized carbons (Fsp3) is 0.278. The maximum absolute atomic E-state index is 11.8. The zero-order chi connectivity index (χ0) is 17.5. The summed E-state index contributed by atoms with van der Waals surface area (Å²) >= 11 is 12.0. The third-order valence-electron chi connectivity index (χ3n) is 3.65. The quantitative estimate of drug-likeness (QED) is 0.714. The number of aryl methyl sites for hydroxylation is 2. The van der Waals surface area contributed by atoms with E-state index in [0.29, 0.717) is 10.0 Å². The van der Waals surface area contributed by atoms with Crippen molar-refractivity contribution in [3.63, 3.8) is 0 Å². The average molecular weight is 367 g/mol. The number of benzene rings is 2. The van der Waals surface area contributed by atoms with Gasteiger partial charge in [0, 0.05) is 12.7 Å². The summed E-state index contributed by atoms with van der Waals surface area (Å²) in [7, 11) is 3.00. The second-order valence-corrected chi connectivity index (χ2v) is 6.23. The lowest BCUT2D eigenvalue weighted by Gasteiger charge is -2.15. The molecule has 0 unspecified atom stereocenters. The van der Waals surface area contributed by atoms with E-state index < -0.39 is 0 Å². The maximum atomic E-state index is 11.8. The highest BCUT2D eigenvalue weighted by Gasteiger charge is 2.08. The number of anilines is 1. The first-order valence-corrected chi connectivity index (χ1v) is 8.37. The zero-order valence-corrected chi connectivity index (χ0v) is 15.2. The van der Waals surface area contributed by atoms with Gasteiger partial charge in [0.05, 0.1) is 17.2 Å². The number of rotatable bonds is 6. The van der Waals surface area contributed by atoms with Gasteiger partial charge in [-0.05, 0) is 54.7 Å². The highest BCUT2D eigenvalue weighted by Crippen LogP contribution is 2.23. The largest absolute Gasteiger partial charge is 0.345 e. The van der Waals surface area contributed by atoms with Crippen LogP contribution in [0.5, 0.6) is 0 Å². The molecule has 2 aromatic carbocycles. The smallest absolute Gasteiger partial charge is 0.306 e. The number of hydrogen-bond acceptors (Lipinski definition) is 2. The Morgan fingerprint density at radius 3 is 2.46 bits per heavy atom. The molecule has 0 saturated carbocycles. The molecular formula is C18H20Cl2N2O2. The number of carbonyl (C=O) groups is 1. The molecule has 4 nitrogen and oxygen atoms in total. The van der Waals surface area contributed by atoms with Gasteiger partial charge >= 0.3 is 6.03 Å². The molecule has 0 aliphatic carbocycles. The van der Waals surface area contributed by atoms with E-state index in [4.69, 9.17) is 28.0 Å². The first kappa shape index (κ1) is 18.6. The topological polar surface area (TPSA) is 41.6 Å². The van der Waals surface area contributed by atoms with Crippen LogP contribution in [0.3, 0.4) is 0 Å². The summed E-state index contributed by atoms with van der Waals surface area (Å²) in [5.74, 6) is 0. The molecule has 0 saturated heterocycles. The molecule has 0 spiro atoms. The van der Waals surface area contributed by atoms with E-state index in [9.17, 15) is 4.79 Å². The highest BCUT2D eigenvalue weighted by molar-refractivity contribution is 6.42. The highest BCUT2D eigenvalue weighted by atomic mass is 35.5. The monoisotopic (exact) mass is 366 g/mol.